The van der Waals surface area contributed by atoms with Crippen molar-refractivity contribution in [1.82, 2.24) is 0 Å². The molecule has 9 heavy (non-hydrogen) atoms. The molecule has 0 bridgehead atoms. The Bertz CT molecular complexity index is 116. The van der Waals surface area contributed by atoms with E-state index in [1.54, 1.807) is 11.8 Å². The van der Waals surface area contributed by atoms with E-state index in [2.05, 4.69) is 4.99 Å². The first-order valence-corrected chi connectivity index (χ1v) is 4.76. The van der Waals surface area contributed by atoms with Gasteiger partial charge in [-0.05, 0) is 0 Å². The van der Waals surface area contributed by atoms with Crippen molar-refractivity contribution in [2.75, 3.05) is 24.7 Å². The van der Waals surface area contributed by atoms with Gasteiger partial charge >= 0.3 is 0 Å². The molecule has 52 valence electrons. The Kier molecular flexibility index (Phi) is 3.43. The molecule has 0 aromatic rings. The smallest absolute Gasteiger partial charge is 0.124 e. The van der Waals surface area contributed by atoms with E-state index < -0.39 is 0 Å². The molecule has 1 nitrogen and oxygen atoms in total. The van der Waals surface area contributed by atoms with E-state index >= 15 is 0 Å². The van der Waals surface area contributed by atoms with Gasteiger partial charge in [0.1, 0.15) is 4.38 Å². The third-order valence-electron chi connectivity index (χ3n) is 0.860. The van der Waals surface area contributed by atoms with Crippen LogP contribution in [0.1, 0.15) is 0 Å². The molecule has 0 aromatic heterocycles. The molecule has 1 aliphatic heterocycles. The summed E-state index contributed by atoms with van der Waals surface area (Å²) >= 11 is 3.25. The maximum Gasteiger partial charge on any atom is 0.124 e. The summed E-state index contributed by atoms with van der Waals surface area (Å²) in [7, 11) is 0. The Morgan fingerprint density at radius 3 is 3.22 bits per heavy atom. The molecule has 0 aliphatic carbocycles. The van der Waals surface area contributed by atoms with Crippen LogP contribution in [0.3, 0.4) is 0 Å². The lowest BCUT2D eigenvalue weighted by Gasteiger charge is -1.92. The van der Waals surface area contributed by atoms with Crippen LogP contribution in [-0.2, 0) is 0 Å². The molecular weight excluding hydrogens is 157 g/mol. The average Bonchev–Trinajstić information content (AvgIpc) is 2.34. The Morgan fingerprint density at radius 1 is 1.78 bits per heavy atom. The highest BCUT2D eigenvalue weighted by atomic mass is 32.2. The summed E-state index contributed by atoms with van der Waals surface area (Å²) in [6.45, 7) is 0.670. The number of hydrogen-bond donors (Lipinski definition) is 0. The molecule has 1 heterocycles. The van der Waals surface area contributed by atoms with Crippen molar-refractivity contribution in [3.05, 3.63) is 0 Å². The van der Waals surface area contributed by atoms with E-state index in [1.807, 2.05) is 0 Å². The zero-order valence-corrected chi connectivity index (χ0v) is 6.60. The molecule has 0 spiro atoms. The summed E-state index contributed by atoms with van der Waals surface area (Å²) in [5, 5.41) is 0. The summed E-state index contributed by atoms with van der Waals surface area (Å²) in [4.78, 5) is 4.15. The molecule has 0 aromatic carbocycles. The van der Waals surface area contributed by atoms with Crippen LogP contribution in [-0.4, -0.2) is 29.1 Å². The highest BCUT2D eigenvalue weighted by molar-refractivity contribution is 8.39. The number of hydrogen-bond acceptors (Lipinski definition) is 3. The van der Waals surface area contributed by atoms with E-state index in [-0.39, 0.29) is 6.67 Å². The number of alkyl halides is 1. The highest BCUT2D eigenvalue weighted by Crippen LogP contribution is 2.21. The molecule has 0 amide bonds. The highest BCUT2D eigenvalue weighted by Gasteiger charge is 2.05. The lowest BCUT2D eigenvalue weighted by atomic mass is 10.8. The second-order valence-corrected chi connectivity index (χ2v) is 3.96. The molecule has 0 radical (unpaired) electrons. The number of aliphatic imine (C=N–C) groups is 1. The minimum atomic E-state index is -0.246. The summed E-state index contributed by atoms with van der Waals surface area (Å²) < 4.78 is 12.6. The first-order chi connectivity index (χ1) is 4.43. The van der Waals surface area contributed by atoms with Gasteiger partial charge in [-0.15, -0.1) is 0 Å². The van der Waals surface area contributed by atoms with Gasteiger partial charge in [-0.3, -0.25) is 9.38 Å². The predicted molar refractivity (Wildman–Crippen MR) is 43.2 cm³/mol. The zero-order valence-electron chi connectivity index (χ0n) is 4.97. The van der Waals surface area contributed by atoms with E-state index in [0.29, 0.717) is 5.75 Å². The van der Waals surface area contributed by atoms with Crippen LogP contribution in [0.25, 0.3) is 0 Å². The largest absolute Gasteiger partial charge is 0.271 e. The van der Waals surface area contributed by atoms with Gasteiger partial charge in [0.15, 0.2) is 0 Å². The standard InChI is InChI=1S/C5H8FNS2/c6-1-3-8-5-7-2-4-9-5/h1-4H2. The molecule has 1 aliphatic rings. The van der Waals surface area contributed by atoms with Crippen LogP contribution in [0.15, 0.2) is 4.99 Å². The van der Waals surface area contributed by atoms with Gasteiger partial charge in [-0.2, -0.15) is 0 Å². The van der Waals surface area contributed by atoms with Crippen LogP contribution in [0.2, 0.25) is 0 Å². The Hall–Kier alpha value is 0.300. The Morgan fingerprint density at radius 2 is 2.67 bits per heavy atom. The van der Waals surface area contributed by atoms with Gasteiger partial charge in [-0.25, -0.2) is 0 Å². The monoisotopic (exact) mass is 165 g/mol. The second-order valence-electron chi connectivity index (χ2n) is 1.53. The Labute approximate surface area is 62.5 Å². The third kappa shape index (κ3) is 2.58. The summed E-state index contributed by atoms with van der Waals surface area (Å²) in [5.41, 5.74) is 0. The number of rotatable bonds is 2. The van der Waals surface area contributed by atoms with Crippen LogP contribution < -0.4 is 0 Å². The van der Waals surface area contributed by atoms with Gasteiger partial charge in [0.05, 0.1) is 13.2 Å². The van der Waals surface area contributed by atoms with Gasteiger partial charge < -0.3 is 0 Å². The first kappa shape index (κ1) is 7.41. The fourth-order valence-corrected chi connectivity index (χ4v) is 2.34. The Balaban J connectivity index is 2.11. The van der Waals surface area contributed by atoms with Gasteiger partial charge in [0.25, 0.3) is 0 Å². The molecule has 4 heteroatoms. The van der Waals surface area contributed by atoms with E-state index in [1.165, 1.54) is 11.8 Å². The van der Waals surface area contributed by atoms with Crippen molar-refractivity contribution in [2.24, 2.45) is 4.99 Å². The fourth-order valence-electron chi connectivity index (χ4n) is 0.529. The lowest BCUT2D eigenvalue weighted by Crippen LogP contribution is -1.85. The summed E-state index contributed by atoms with van der Waals surface area (Å²) in [6.07, 6.45) is 0. The van der Waals surface area contributed by atoms with E-state index in [4.69, 9.17) is 0 Å². The van der Waals surface area contributed by atoms with Crippen LogP contribution >= 0.6 is 23.5 Å². The number of nitrogens with zero attached hydrogens (tertiary/aromatic N) is 1. The van der Waals surface area contributed by atoms with Gasteiger partial charge in [0, 0.05) is 11.5 Å². The predicted octanol–water partition coefficient (Wildman–Crippen LogP) is 1.79. The fraction of sp³-hybridized carbons (Fsp3) is 0.800. The average molecular weight is 165 g/mol. The lowest BCUT2D eigenvalue weighted by molar-refractivity contribution is 0.533. The van der Waals surface area contributed by atoms with E-state index in [0.717, 1.165) is 16.7 Å². The molecular formula is C5H8FNS2. The molecule has 0 N–H and O–H groups in total. The van der Waals surface area contributed by atoms with Crippen molar-refractivity contribution >= 4 is 27.9 Å². The van der Waals surface area contributed by atoms with Gasteiger partial charge in [0.2, 0.25) is 0 Å². The topological polar surface area (TPSA) is 12.4 Å². The van der Waals surface area contributed by atoms with Crippen molar-refractivity contribution in [1.29, 1.82) is 0 Å². The van der Waals surface area contributed by atoms with Crippen LogP contribution in [0, 0.1) is 0 Å². The SMILES string of the molecule is FCCSC1=NCCS1. The number of thioether (sulfide) groups is 2. The molecule has 0 saturated heterocycles. The first-order valence-electron chi connectivity index (χ1n) is 2.79. The minimum Gasteiger partial charge on any atom is -0.271 e. The van der Waals surface area contributed by atoms with E-state index in [9.17, 15) is 4.39 Å². The van der Waals surface area contributed by atoms with Crippen molar-refractivity contribution in [2.45, 2.75) is 0 Å². The molecule has 1 rings (SSSR count). The zero-order chi connectivity index (χ0) is 6.53. The normalized spacial score (nSPS) is 18.1. The second kappa shape index (κ2) is 4.17. The van der Waals surface area contributed by atoms with Crippen LogP contribution in [0.4, 0.5) is 4.39 Å². The maximum absolute atomic E-state index is 11.6. The maximum atomic E-state index is 11.6. The molecule has 0 saturated carbocycles. The minimum absolute atomic E-state index is 0.246. The quantitative estimate of drug-likeness (QED) is 0.618. The molecule has 0 atom stereocenters. The van der Waals surface area contributed by atoms with Crippen LogP contribution in [0.5, 0.6) is 0 Å². The van der Waals surface area contributed by atoms with Gasteiger partial charge in [-0.1, -0.05) is 23.5 Å². The third-order valence-corrected chi connectivity index (χ3v) is 3.06. The summed E-state index contributed by atoms with van der Waals surface area (Å²) in [6, 6.07) is 0. The molecule has 0 fully saturated rings. The number of halogens is 1. The van der Waals surface area contributed by atoms with Crippen molar-refractivity contribution in [3.63, 3.8) is 0 Å². The van der Waals surface area contributed by atoms with Crippen molar-refractivity contribution in [3.8, 4) is 0 Å². The van der Waals surface area contributed by atoms with Crippen molar-refractivity contribution < 1.29 is 4.39 Å². The molecule has 0 unspecified atom stereocenters. The summed E-state index contributed by atoms with van der Waals surface area (Å²) in [5.74, 6) is 1.64.